The number of nitrogens with zero attached hydrogens (tertiary/aromatic N) is 1. The summed E-state index contributed by atoms with van der Waals surface area (Å²) in [4.78, 5) is 0. The maximum Gasteiger partial charge on any atom is 0.0782 e. The zero-order chi connectivity index (χ0) is 32.1. The lowest BCUT2D eigenvalue weighted by Gasteiger charge is -2.30. The van der Waals surface area contributed by atoms with Crippen molar-refractivity contribution in [1.82, 2.24) is 6.15 Å². The molecule has 1 fully saturated rings. The maximum absolute atomic E-state index is 2.47. The summed E-state index contributed by atoms with van der Waals surface area (Å²) in [5, 5.41) is 0. The molecule has 0 aromatic rings. The first kappa shape index (κ1) is 54.3. The highest BCUT2D eigenvalue weighted by Gasteiger charge is 2.13. The highest BCUT2D eigenvalue weighted by atomic mass is 35.5. The summed E-state index contributed by atoms with van der Waals surface area (Å²) in [6, 6.07) is 0. The summed E-state index contributed by atoms with van der Waals surface area (Å²) in [5.74, 6) is 0. The Morgan fingerprint density at radius 3 is 0.617 bits per heavy atom. The van der Waals surface area contributed by atoms with Crippen LogP contribution in [0.5, 0.6) is 0 Å². The largest absolute Gasteiger partial charge is 1.00 e. The molecule has 0 aliphatic heterocycles. The fraction of sp³-hybridized carbons (Fsp3) is 1.00. The first-order valence-electron chi connectivity index (χ1n) is 21.4. The van der Waals surface area contributed by atoms with Crippen molar-refractivity contribution in [3.05, 3.63) is 0 Å². The van der Waals surface area contributed by atoms with Gasteiger partial charge in [0.2, 0.25) is 0 Å². The number of hydrogen-bond acceptors (Lipinski definition) is 1. The van der Waals surface area contributed by atoms with E-state index in [0.717, 1.165) is 0 Å². The zero-order valence-electron chi connectivity index (χ0n) is 33.5. The van der Waals surface area contributed by atoms with Gasteiger partial charge in [-0.2, -0.15) is 0 Å². The van der Waals surface area contributed by atoms with Crippen LogP contribution in [0.3, 0.4) is 0 Å². The van der Waals surface area contributed by atoms with Gasteiger partial charge in [-0.25, -0.2) is 0 Å². The van der Waals surface area contributed by atoms with Crippen LogP contribution < -0.4 is 18.6 Å². The van der Waals surface area contributed by atoms with Crippen molar-refractivity contribution in [1.29, 1.82) is 0 Å². The number of hydrogen-bond donors (Lipinski definition) is 1. The third-order valence-corrected chi connectivity index (χ3v) is 10.5. The van der Waals surface area contributed by atoms with E-state index in [1.807, 2.05) is 0 Å². The van der Waals surface area contributed by atoms with Gasteiger partial charge in [0.15, 0.2) is 0 Å². The van der Waals surface area contributed by atoms with Crippen LogP contribution in [0, 0.1) is 0 Å². The van der Waals surface area contributed by atoms with Crippen molar-refractivity contribution < 1.29 is 16.9 Å². The first-order chi connectivity index (χ1) is 21.6. The summed E-state index contributed by atoms with van der Waals surface area (Å²) in [6.07, 6.45) is 54.4. The van der Waals surface area contributed by atoms with Crippen LogP contribution in [0.15, 0.2) is 0 Å². The Labute approximate surface area is 312 Å². The molecule has 1 aliphatic rings. The molecule has 0 saturated heterocycles. The molecule has 0 amide bonds. The lowest BCUT2D eigenvalue weighted by atomic mass is 10.0. The van der Waals surface area contributed by atoms with Gasteiger partial charge in [-0.15, -0.1) is 12.4 Å². The monoisotopic (exact) mass is 709 g/mol. The van der Waals surface area contributed by atoms with Crippen LogP contribution >= 0.6 is 12.4 Å². The molecule has 2 nitrogen and oxygen atoms in total. The lowest BCUT2D eigenvalue weighted by Crippen LogP contribution is -3.00. The maximum atomic E-state index is 2.47. The number of unbranched alkanes of at least 4 members (excludes halogenated alkanes) is 30. The summed E-state index contributed by atoms with van der Waals surface area (Å²) in [7, 11) is 4.94. The molecule has 47 heavy (non-hydrogen) atoms. The van der Waals surface area contributed by atoms with Crippen LogP contribution in [-0.2, 0) is 0 Å². The Morgan fingerprint density at radius 2 is 0.447 bits per heavy atom. The molecule has 0 heterocycles. The second kappa shape index (κ2) is 46.5. The van der Waals surface area contributed by atoms with Gasteiger partial charge < -0.3 is 23.0 Å². The van der Waals surface area contributed by atoms with E-state index in [1.54, 1.807) is 0 Å². The number of rotatable bonds is 34. The molecular formula is C43H94Cl2N2. The van der Waals surface area contributed by atoms with Crippen molar-refractivity contribution in [2.75, 3.05) is 27.2 Å². The Balaban J connectivity index is -0.00000105. The van der Waals surface area contributed by atoms with Gasteiger partial charge >= 0.3 is 0 Å². The van der Waals surface area contributed by atoms with Gasteiger partial charge in [-0.3, -0.25) is 0 Å². The quantitative estimate of drug-likeness (QED) is 0.0524. The highest BCUT2D eigenvalue weighted by Crippen LogP contribution is 2.17. The minimum absolute atomic E-state index is 0. The normalized spacial score (nSPS) is 12.5. The van der Waals surface area contributed by atoms with Crippen LogP contribution in [0.1, 0.15) is 251 Å². The molecule has 1 aliphatic carbocycles. The minimum atomic E-state index is 0. The van der Waals surface area contributed by atoms with Gasteiger partial charge in [0, 0.05) is 0 Å². The lowest BCUT2D eigenvalue weighted by molar-refractivity contribution is -0.890. The summed E-state index contributed by atoms with van der Waals surface area (Å²) < 4.78 is 1.25. The van der Waals surface area contributed by atoms with Crippen molar-refractivity contribution in [2.45, 2.75) is 251 Å². The van der Waals surface area contributed by atoms with Gasteiger partial charge in [0.05, 0.1) is 27.2 Å². The van der Waals surface area contributed by atoms with Crippen LogP contribution in [0.4, 0.5) is 0 Å². The Kier molecular flexibility index (Phi) is 53.7. The molecule has 1 rings (SSSR count). The minimum Gasteiger partial charge on any atom is -1.00 e. The molecule has 0 aromatic heterocycles. The number of quaternary nitrogens is 1. The van der Waals surface area contributed by atoms with Crippen LogP contribution in [0.2, 0.25) is 0 Å². The van der Waals surface area contributed by atoms with Crippen LogP contribution in [0.25, 0.3) is 0 Å². The fourth-order valence-corrected chi connectivity index (χ4v) is 7.17. The zero-order valence-corrected chi connectivity index (χ0v) is 35.1. The average Bonchev–Trinajstić information content (AvgIpc) is 3.61. The van der Waals surface area contributed by atoms with E-state index in [-0.39, 0.29) is 31.0 Å². The summed E-state index contributed by atoms with van der Waals surface area (Å²) >= 11 is 0. The molecule has 1 saturated carbocycles. The second-order valence-corrected chi connectivity index (χ2v) is 15.8. The molecule has 0 atom stereocenters. The van der Waals surface area contributed by atoms with E-state index in [9.17, 15) is 0 Å². The molecule has 0 radical (unpaired) electrons. The van der Waals surface area contributed by atoms with E-state index in [4.69, 9.17) is 0 Å². The van der Waals surface area contributed by atoms with Crippen molar-refractivity contribution in [2.24, 2.45) is 0 Å². The molecule has 290 valence electrons. The standard InChI is InChI=1S/C38H80N.C5H10.2ClH.H3N/c1-5-7-9-11-13-15-17-19-21-23-25-27-29-31-33-35-37-39(3,4)38-36-34-32-30-28-26-24-22-20-18-16-14-12-10-8-6-2;1-2-4-5-3-1;;;/h5-38H2,1-4H3;1-5H2;2*1H;1H3/q+1;;;;/p-1. The SMILES string of the molecule is C1CCCC1.CCCCCCCCCCCCCCCCCC[N+](C)(C)CCCCCCCCCCCCCCCCCC.Cl.N.[Cl-]. The topological polar surface area (TPSA) is 35.0 Å². The Bertz CT molecular complexity index is 464. The third kappa shape index (κ3) is 48.7. The predicted molar refractivity (Wildman–Crippen MR) is 216 cm³/mol. The molecule has 3 N–H and O–H groups in total. The van der Waals surface area contributed by atoms with E-state index in [2.05, 4.69) is 27.9 Å². The molecular weight excluding hydrogens is 615 g/mol. The third-order valence-electron chi connectivity index (χ3n) is 10.5. The number of halogens is 2. The molecule has 0 bridgehead atoms. The summed E-state index contributed by atoms with van der Waals surface area (Å²) in [6.45, 7) is 7.39. The highest BCUT2D eigenvalue weighted by molar-refractivity contribution is 5.85. The van der Waals surface area contributed by atoms with E-state index < -0.39 is 0 Å². The first-order valence-corrected chi connectivity index (χ1v) is 21.4. The second-order valence-electron chi connectivity index (χ2n) is 15.8. The average molecular weight is 710 g/mol. The van der Waals surface area contributed by atoms with Crippen molar-refractivity contribution in [3.63, 3.8) is 0 Å². The Hall–Kier alpha value is 0.500. The molecule has 0 spiro atoms. The van der Waals surface area contributed by atoms with Gasteiger partial charge in [-0.05, 0) is 25.7 Å². The molecule has 0 aromatic carbocycles. The summed E-state index contributed by atoms with van der Waals surface area (Å²) in [5.41, 5.74) is 0. The van der Waals surface area contributed by atoms with E-state index in [0.29, 0.717) is 0 Å². The van der Waals surface area contributed by atoms with Gasteiger partial charge in [0.1, 0.15) is 0 Å². The van der Waals surface area contributed by atoms with Gasteiger partial charge in [0.25, 0.3) is 0 Å². The van der Waals surface area contributed by atoms with E-state index in [1.165, 1.54) is 255 Å². The Morgan fingerprint density at radius 1 is 0.298 bits per heavy atom. The fourth-order valence-electron chi connectivity index (χ4n) is 7.17. The van der Waals surface area contributed by atoms with Crippen LogP contribution in [-0.4, -0.2) is 31.7 Å². The van der Waals surface area contributed by atoms with Crippen molar-refractivity contribution in [3.8, 4) is 0 Å². The van der Waals surface area contributed by atoms with E-state index >= 15 is 0 Å². The van der Waals surface area contributed by atoms with Gasteiger partial charge in [-0.1, -0.05) is 226 Å². The van der Waals surface area contributed by atoms with Crippen molar-refractivity contribution >= 4 is 12.4 Å². The smallest absolute Gasteiger partial charge is 0.0782 e. The predicted octanol–water partition coefficient (Wildman–Crippen LogP) is 13.1. The molecule has 0 unspecified atom stereocenters. The molecule has 4 heteroatoms.